The van der Waals surface area contributed by atoms with E-state index in [1.54, 1.807) is 29.8 Å². The van der Waals surface area contributed by atoms with Gasteiger partial charge in [-0.2, -0.15) is 5.10 Å². The van der Waals surface area contributed by atoms with Crippen LogP contribution in [0.25, 0.3) is 21.3 Å². The van der Waals surface area contributed by atoms with Crippen molar-refractivity contribution >= 4 is 39.3 Å². The first-order chi connectivity index (χ1) is 18.1. The van der Waals surface area contributed by atoms with Crippen molar-refractivity contribution < 1.29 is 18.7 Å². The van der Waals surface area contributed by atoms with Gasteiger partial charge < -0.3 is 20.1 Å². The van der Waals surface area contributed by atoms with E-state index in [4.69, 9.17) is 14.5 Å². The summed E-state index contributed by atoms with van der Waals surface area (Å²) in [5.74, 6) is 0.522. The number of hydrogen-bond acceptors (Lipinski definition) is 8. The average Bonchev–Trinajstić information content (AvgIpc) is 3.44. The van der Waals surface area contributed by atoms with E-state index in [1.165, 1.54) is 19.2 Å². The number of aryl methyl sites for hydroxylation is 1. The number of nitrogens with zero attached hydrogens (tertiary/aromatic N) is 4. The summed E-state index contributed by atoms with van der Waals surface area (Å²) < 4.78 is 27.3. The van der Waals surface area contributed by atoms with E-state index >= 15 is 0 Å². The Morgan fingerprint density at radius 3 is 2.76 bits per heavy atom. The SMILES string of the molecule is CCC(CCNC(=O)OC(C)(C)C)n1cc(Nc2ncc3sc(C)c(-c4ccc(F)cc4OC)c3n2)cn1. The second-order valence-corrected chi connectivity index (χ2v) is 11.2. The maximum atomic E-state index is 13.8. The van der Waals surface area contributed by atoms with Crippen LogP contribution < -0.4 is 15.4 Å². The topological polar surface area (TPSA) is 103 Å². The molecule has 0 aliphatic heterocycles. The number of amides is 1. The van der Waals surface area contributed by atoms with Gasteiger partial charge in [-0.05, 0) is 52.7 Å². The number of benzene rings is 1. The van der Waals surface area contributed by atoms with Crippen LogP contribution in [0.3, 0.4) is 0 Å². The van der Waals surface area contributed by atoms with E-state index in [-0.39, 0.29) is 11.9 Å². The molecular formula is C27H33FN6O3S. The van der Waals surface area contributed by atoms with E-state index < -0.39 is 11.7 Å². The Hall–Kier alpha value is -3.73. The molecule has 4 rings (SSSR count). The molecule has 1 aromatic carbocycles. The Morgan fingerprint density at radius 1 is 1.26 bits per heavy atom. The summed E-state index contributed by atoms with van der Waals surface area (Å²) in [4.78, 5) is 22.2. The predicted octanol–water partition coefficient (Wildman–Crippen LogP) is 6.62. The third-order valence-corrected chi connectivity index (χ3v) is 6.92. The van der Waals surface area contributed by atoms with Gasteiger partial charge in [-0.3, -0.25) is 4.68 Å². The normalized spacial score (nSPS) is 12.4. The number of anilines is 2. The van der Waals surface area contributed by atoms with Crippen molar-refractivity contribution in [3.8, 4) is 16.9 Å². The molecule has 0 bridgehead atoms. The number of ether oxygens (including phenoxy) is 2. The Bertz CT molecular complexity index is 1430. The molecule has 0 aliphatic carbocycles. The first-order valence-corrected chi connectivity index (χ1v) is 13.3. The zero-order valence-corrected chi connectivity index (χ0v) is 23.3. The van der Waals surface area contributed by atoms with Crippen molar-refractivity contribution in [3.63, 3.8) is 0 Å². The summed E-state index contributed by atoms with van der Waals surface area (Å²) in [7, 11) is 1.53. The molecule has 0 spiro atoms. The summed E-state index contributed by atoms with van der Waals surface area (Å²) in [5.41, 5.74) is 2.65. The van der Waals surface area contributed by atoms with Crippen LogP contribution >= 0.6 is 11.3 Å². The lowest BCUT2D eigenvalue weighted by atomic mass is 10.0. The van der Waals surface area contributed by atoms with Crippen LogP contribution in [0, 0.1) is 12.7 Å². The van der Waals surface area contributed by atoms with Gasteiger partial charge in [-0.15, -0.1) is 11.3 Å². The number of aromatic nitrogens is 4. The van der Waals surface area contributed by atoms with Gasteiger partial charge in [0.15, 0.2) is 0 Å². The summed E-state index contributed by atoms with van der Waals surface area (Å²) in [6.45, 7) is 10.1. The van der Waals surface area contributed by atoms with Gasteiger partial charge in [-0.25, -0.2) is 19.2 Å². The fraction of sp³-hybridized carbons (Fsp3) is 0.407. The van der Waals surface area contributed by atoms with Gasteiger partial charge in [-0.1, -0.05) is 6.92 Å². The molecule has 3 aromatic heterocycles. The molecule has 0 aliphatic rings. The molecule has 1 atom stereocenters. The highest BCUT2D eigenvalue weighted by atomic mass is 32.1. The van der Waals surface area contributed by atoms with E-state index in [2.05, 4.69) is 27.6 Å². The molecule has 0 fully saturated rings. The van der Waals surface area contributed by atoms with Crippen LogP contribution in [0.5, 0.6) is 5.75 Å². The molecule has 9 nitrogen and oxygen atoms in total. The predicted molar refractivity (Wildman–Crippen MR) is 148 cm³/mol. The van der Waals surface area contributed by atoms with Crippen molar-refractivity contribution in [1.82, 2.24) is 25.1 Å². The highest BCUT2D eigenvalue weighted by molar-refractivity contribution is 7.19. The highest BCUT2D eigenvalue weighted by Gasteiger charge is 2.19. The van der Waals surface area contributed by atoms with Crippen LogP contribution in [-0.4, -0.2) is 45.1 Å². The highest BCUT2D eigenvalue weighted by Crippen LogP contribution is 2.41. The maximum Gasteiger partial charge on any atom is 0.407 e. The van der Waals surface area contributed by atoms with Crippen LogP contribution in [0.15, 0.2) is 36.8 Å². The van der Waals surface area contributed by atoms with Crippen LogP contribution in [0.2, 0.25) is 0 Å². The van der Waals surface area contributed by atoms with Crippen molar-refractivity contribution in [2.75, 3.05) is 19.0 Å². The number of thiophene rings is 1. The number of rotatable bonds is 9. The zero-order valence-electron chi connectivity index (χ0n) is 22.5. The van der Waals surface area contributed by atoms with Crippen LogP contribution in [-0.2, 0) is 4.74 Å². The molecular weight excluding hydrogens is 507 g/mol. The second-order valence-electron chi connectivity index (χ2n) is 9.90. The Morgan fingerprint density at radius 2 is 2.05 bits per heavy atom. The Labute approximate surface area is 225 Å². The monoisotopic (exact) mass is 540 g/mol. The third-order valence-electron chi connectivity index (χ3n) is 5.89. The van der Waals surface area contributed by atoms with E-state index in [0.29, 0.717) is 24.7 Å². The third kappa shape index (κ3) is 6.39. The number of carbonyl (C=O) groups is 1. The molecule has 3 heterocycles. The molecule has 1 unspecified atom stereocenters. The Kier molecular flexibility index (Phi) is 8.15. The minimum atomic E-state index is -0.532. The average molecular weight is 541 g/mol. The summed E-state index contributed by atoms with van der Waals surface area (Å²) in [6.07, 6.45) is 6.53. The minimum absolute atomic E-state index is 0.0981. The lowest BCUT2D eigenvalue weighted by Crippen LogP contribution is -2.33. The van der Waals surface area contributed by atoms with Crippen molar-refractivity contribution in [2.45, 2.75) is 59.1 Å². The number of carbonyl (C=O) groups excluding carboxylic acids is 1. The van der Waals surface area contributed by atoms with Gasteiger partial charge in [0.2, 0.25) is 5.95 Å². The van der Waals surface area contributed by atoms with Crippen molar-refractivity contribution in [2.24, 2.45) is 0 Å². The van der Waals surface area contributed by atoms with E-state index in [0.717, 1.165) is 38.3 Å². The van der Waals surface area contributed by atoms with Gasteiger partial charge in [0.25, 0.3) is 0 Å². The lowest BCUT2D eigenvalue weighted by molar-refractivity contribution is 0.0525. The Balaban J connectivity index is 1.49. The van der Waals surface area contributed by atoms with E-state index in [1.807, 2.05) is 38.6 Å². The largest absolute Gasteiger partial charge is 0.496 e. The molecule has 0 radical (unpaired) electrons. The van der Waals surface area contributed by atoms with Crippen molar-refractivity contribution in [1.29, 1.82) is 0 Å². The summed E-state index contributed by atoms with van der Waals surface area (Å²) in [5, 5.41) is 10.5. The summed E-state index contributed by atoms with van der Waals surface area (Å²) >= 11 is 1.58. The van der Waals surface area contributed by atoms with Gasteiger partial charge >= 0.3 is 6.09 Å². The number of halogens is 1. The first-order valence-electron chi connectivity index (χ1n) is 12.5. The molecule has 11 heteroatoms. The fourth-order valence-corrected chi connectivity index (χ4v) is 5.15. The molecule has 0 saturated carbocycles. The van der Waals surface area contributed by atoms with Gasteiger partial charge in [0, 0.05) is 34.8 Å². The second kappa shape index (κ2) is 11.3. The summed E-state index contributed by atoms with van der Waals surface area (Å²) in [6, 6.07) is 4.61. The molecule has 1 amide bonds. The first kappa shape index (κ1) is 27.3. The number of methoxy groups -OCH3 is 1. The van der Waals surface area contributed by atoms with Crippen LogP contribution in [0.4, 0.5) is 20.8 Å². The minimum Gasteiger partial charge on any atom is -0.496 e. The molecule has 202 valence electrons. The van der Waals surface area contributed by atoms with Gasteiger partial charge in [0.1, 0.15) is 17.2 Å². The standard InChI is InChI=1S/C27H33FN6O3S/c1-7-19(10-11-29-26(35)37-27(3,4)5)34-15-18(13-31-34)32-25-30-14-22-24(33-25)23(16(2)38-22)20-9-8-17(28)12-21(20)36-6/h8-9,12-15,19H,7,10-11H2,1-6H3,(H,29,35)(H,30,32,33). The van der Waals surface area contributed by atoms with Gasteiger partial charge in [0.05, 0.1) is 41.4 Å². The molecule has 0 saturated heterocycles. The number of nitrogens with one attached hydrogen (secondary N) is 2. The maximum absolute atomic E-state index is 13.8. The van der Waals surface area contributed by atoms with Crippen molar-refractivity contribution in [3.05, 3.63) is 47.5 Å². The van der Waals surface area contributed by atoms with Crippen LogP contribution in [0.1, 0.15) is 51.5 Å². The number of hydrogen-bond donors (Lipinski definition) is 2. The number of alkyl carbamates (subject to hydrolysis) is 1. The smallest absolute Gasteiger partial charge is 0.407 e. The van der Waals surface area contributed by atoms with E-state index in [9.17, 15) is 9.18 Å². The number of fused-ring (bicyclic) bond motifs is 1. The zero-order chi connectivity index (χ0) is 27.4. The lowest BCUT2D eigenvalue weighted by Gasteiger charge is -2.20. The molecule has 4 aromatic rings. The fourth-order valence-electron chi connectivity index (χ4n) is 4.17. The molecule has 2 N–H and O–H groups in total. The molecule has 38 heavy (non-hydrogen) atoms. The quantitative estimate of drug-likeness (QED) is 0.246.